The third-order valence-corrected chi connectivity index (χ3v) is 5.28. The Morgan fingerprint density at radius 1 is 1.41 bits per heavy atom. The fourth-order valence-electron chi connectivity index (χ4n) is 3.71. The minimum atomic E-state index is 0.587. The van der Waals surface area contributed by atoms with Crippen LogP contribution < -0.4 is 5.32 Å². The number of hydrogen-bond acceptors (Lipinski definition) is 2. The van der Waals surface area contributed by atoms with E-state index >= 15 is 0 Å². The van der Waals surface area contributed by atoms with Crippen molar-refractivity contribution in [2.75, 3.05) is 13.1 Å². The van der Waals surface area contributed by atoms with Gasteiger partial charge in [0.15, 0.2) is 0 Å². The molecule has 2 aliphatic carbocycles. The molecular formula is C15H23NS. The molecule has 0 bridgehead atoms. The van der Waals surface area contributed by atoms with Gasteiger partial charge in [0.2, 0.25) is 0 Å². The zero-order valence-electron chi connectivity index (χ0n) is 10.7. The third-order valence-electron chi connectivity index (χ3n) is 4.55. The highest BCUT2D eigenvalue weighted by atomic mass is 32.1. The van der Waals surface area contributed by atoms with E-state index in [-0.39, 0.29) is 0 Å². The van der Waals surface area contributed by atoms with Gasteiger partial charge in [-0.1, -0.05) is 6.92 Å². The SMILES string of the molecule is CCCNCC1(Cc2ccsc2)CC2CC2C1. The van der Waals surface area contributed by atoms with Crippen molar-refractivity contribution in [1.29, 1.82) is 0 Å². The molecule has 0 aliphatic heterocycles. The molecule has 1 heterocycles. The highest BCUT2D eigenvalue weighted by Gasteiger charge is 2.53. The number of fused-ring (bicyclic) bond motifs is 1. The van der Waals surface area contributed by atoms with E-state index in [0.717, 1.165) is 11.8 Å². The maximum absolute atomic E-state index is 3.67. The van der Waals surface area contributed by atoms with Gasteiger partial charge in [-0.05, 0) is 78.3 Å². The van der Waals surface area contributed by atoms with Gasteiger partial charge >= 0.3 is 0 Å². The molecular weight excluding hydrogens is 226 g/mol. The second-order valence-corrected chi connectivity index (χ2v) is 6.93. The summed E-state index contributed by atoms with van der Waals surface area (Å²) in [6, 6.07) is 2.32. The van der Waals surface area contributed by atoms with Crippen molar-refractivity contribution in [1.82, 2.24) is 5.32 Å². The summed E-state index contributed by atoms with van der Waals surface area (Å²) in [7, 11) is 0. The maximum atomic E-state index is 3.67. The van der Waals surface area contributed by atoms with Crippen molar-refractivity contribution < 1.29 is 0 Å². The van der Waals surface area contributed by atoms with Gasteiger partial charge in [-0.25, -0.2) is 0 Å². The first-order valence-corrected chi connectivity index (χ1v) is 7.97. The molecule has 2 heteroatoms. The second kappa shape index (κ2) is 4.74. The molecule has 94 valence electrons. The van der Waals surface area contributed by atoms with Crippen molar-refractivity contribution in [3.8, 4) is 0 Å². The lowest BCUT2D eigenvalue weighted by Crippen LogP contribution is -2.35. The average molecular weight is 249 g/mol. The van der Waals surface area contributed by atoms with Crippen LogP contribution in [-0.2, 0) is 6.42 Å². The lowest BCUT2D eigenvalue weighted by Gasteiger charge is -2.31. The largest absolute Gasteiger partial charge is 0.316 e. The average Bonchev–Trinajstić information content (AvgIpc) is 2.77. The van der Waals surface area contributed by atoms with Crippen LogP contribution >= 0.6 is 11.3 Å². The van der Waals surface area contributed by atoms with Gasteiger partial charge in [0.05, 0.1) is 0 Å². The molecule has 0 saturated heterocycles. The minimum Gasteiger partial charge on any atom is -0.316 e. The lowest BCUT2D eigenvalue weighted by molar-refractivity contribution is 0.249. The van der Waals surface area contributed by atoms with Crippen LogP contribution in [-0.4, -0.2) is 13.1 Å². The van der Waals surface area contributed by atoms with Crippen molar-refractivity contribution in [2.45, 2.75) is 39.0 Å². The Morgan fingerprint density at radius 3 is 2.88 bits per heavy atom. The van der Waals surface area contributed by atoms with Gasteiger partial charge in [0.25, 0.3) is 0 Å². The van der Waals surface area contributed by atoms with Crippen LogP contribution in [0.5, 0.6) is 0 Å². The molecule has 0 spiro atoms. The van der Waals surface area contributed by atoms with E-state index in [1.165, 1.54) is 45.2 Å². The molecule has 0 aromatic carbocycles. The van der Waals surface area contributed by atoms with Gasteiger partial charge < -0.3 is 5.32 Å². The summed E-state index contributed by atoms with van der Waals surface area (Å²) in [4.78, 5) is 0. The van der Waals surface area contributed by atoms with E-state index in [0.29, 0.717) is 5.41 Å². The minimum absolute atomic E-state index is 0.587. The maximum Gasteiger partial charge on any atom is 0.00112 e. The summed E-state index contributed by atoms with van der Waals surface area (Å²) in [6.45, 7) is 4.68. The van der Waals surface area contributed by atoms with Crippen LogP contribution in [0.15, 0.2) is 16.8 Å². The van der Waals surface area contributed by atoms with Crippen LogP contribution in [0.3, 0.4) is 0 Å². The number of thiophene rings is 1. The summed E-state index contributed by atoms with van der Waals surface area (Å²) < 4.78 is 0. The quantitative estimate of drug-likeness (QED) is 0.758. The Labute approximate surface area is 109 Å². The molecule has 1 N–H and O–H groups in total. The molecule has 17 heavy (non-hydrogen) atoms. The predicted octanol–water partition coefficient (Wildman–Crippen LogP) is 3.71. The predicted molar refractivity (Wildman–Crippen MR) is 74.4 cm³/mol. The van der Waals surface area contributed by atoms with E-state index in [4.69, 9.17) is 0 Å². The first-order valence-electron chi connectivity index (χ1n) is 7.03. The van der Waals surface area contributed by atoms with Crippen molar-refractivity contribution >= 4 is 11.3 Å². The first kappa shape index (κ1) is 11.7. The van der Waals surface area contributed by atoms with E-state index in [9.17, 15) is 0 Å². The summed E-state index contributed by atoms with van der Waals surface area (Å²) in [6.07, 6.45) is 7.04. The standard InChI is InChI=1S/C15H23NS/c1-2-4-16-11-15(7-12-3-5-17-10-12)8-13-6-14(13)9-15/h3,5,10,13-14,16H,2,4,6-9,11H2,1H3. The molecule has 2 fully saturated rings. The van der Waals surface area contributed by atoms with Crippen LogP contribution in [0.1, 0.15) is 38.2 Å². The topological polar surface area (TPSA) is 12.0 Å². The molecule has 2 atom stereocenters. The molecule has 2 aliphatic rings. The van der Waals surface area contributed by atoms with Crippen LogP contribution in [0, 0.1) is 17.3 Å². The van der Waals surface area contributed by atoms with Crippen molar-refractivity contribution in [3.05, 3.63) is 22.4 Å². The summed E-state index contributed by atoms with van der Waals surface area (Å²) in [5.41, 5.74) is 2.15. The van der Waals surface area contributed by atoms with E-state index in [1.54, 1.807) is 5.56 Å². The number of nitrogens with one attached hydrogen (secondary N) is 1. The molecule has 1 nitrogen and oxygen atoms in total. The van der Waals surface area contributed by atoms with Gasteiger partial charge in [-0.3, -0.25) is 0 Å². The number of hydrogen-bond donors (Lipinski definition) is 1. The molecule has 1 aromatic heterocycles. The smallest absolute Gasteiger partial charge is 0.00112 e. The van der Waals surface area contributed by atoms with Crippen LogP contribution in [0.25, 0.3) is 0 Å². The summed E-state index contributed by atoms with van der Waals surface area (Å²) in [5.74, 6) is 2.16. The first-order chi connectivity index (χ1) is 8.31. The van der Waals surface area contributed by atoms with Gasteiger partial charge in [0.1, 0.15) is 0 Å². The highest BCUT2D eigenvalue weighted by Crippen LogP contribution is 2.60. The Balaban J connectivity index is 1.64. The second-order valence-electron chi connectivity index (χ2n) is 6.15. The van der Waals surface area contributed by atoms with E-state index in [2.05, 4.69) is 29.1 Å². The van der Waals surface area contributed by atoms with Crippen LogP contribution in [0.4, 0.5) is 0 Å². The lowest BCUT2D eigenvalue weighted by atomic mass is 9.78. The molecule has 0 radical (unpaired) electrons. The fourth-order valence-corrected chi connectivity index (χ4v) is 4.38. The van der Waals surface area contributed by atoms with Gasteiger partial charge in [-0.2, -0.15) is 11.3 Å². The number of rotatable bonds is 6. The Bertz CT molecular complexity index is 347. The Hall–Kier alpha value is -0.340. The van der Waals surface area contributed by atoms with Gasteiger partial charge in [-0.15, -0.1) is 0 Å². The van der Waals surface area contributed by atoms with E-state index in [1.807, 2.05) is 11.3 Å². The fraction of sp³-hybridized carbons (Fsp3) is 0.733. The zero-order chi connectivity index (χ0) is 11.7. The monoisotopic (exact) mass is 249 g/mol. The third kappa shape index (κ3) is 2.58. The summed E-state index contributed by atoms with van der Waals surface area (Å²) in [5, 5.41) is 8.23. The molecule has 3 rings (SSSR count). The molecule has 2 saturated carbocycles. The van der Waals surface area contributed by atoms with Crippen molar-refractivity contribution in [3.63, 3.8) is 0 Å². The normalized spacial score (nSPS) is 34.9. The van der Waals surface area contributed by atoms with Crippen molar-refractivity contribution in [2.24, 2.45) is 17.3 Å². The van der Waals surface area contributed by atoms with Crippen LogP contribution in [0.2, 0.25) is 0 Å². The van der Waals surface area contributed by atoms with Gasteiger partial charge in [0, 0.05) is 6.54 Å². The highest BCUT2D eigenvalue weighted by molar-refractivity contribution is 7.07. The zero-order valence-corrected chi connectivity index (χ0v) is 11.6. The summed E-state index contributed by atoms with van der Waals surface area (Å²) >= 11 is 1.84. The Kier molecular flexibility index (Phi) is 3.27. The molecule has 0 amide bonds. The molecule has 2 unspecified atom stereocenters. The van der Waals surface area contributed by atoms with E-state index < -0.39 is 0 Å². The Morgan fingerprint density at radius 2 is 2.24 bits per heavy atom. The molecule has 1 aromatic rings.